The Morgan fingerprint density at radius 1 is 1.19 bits per heavy atom. The molecule has 1 aromatic heterocycles. The Hall–Kier alpha value is -1.68. The number of rotatable bonds is 4. The normalized spacial score (nSPS) is 13.7. The fourth-order valence-corrected chi connectivity index (χ4v) is 2.66. The van der Waals surface area contributed by atoms with Gasteiger partial charge in [-0.1, -0.05) is 45.0 Å². The lowest BCUT2D eigenvalue weighted by Crippen LogP contribution is -2.23. The second kappa shape index (κ2) is 5.98. The predicted molar refractivity (Wildman–Crippen MR) is 86.2 cm³/mol. The van der Waals surface area contributed by atoms with Crippen LogP contribution in [0.3, 0.4) is 0 Å². The highest BCUT2D eigenvalue weighted by atomic mass is 15.3. The molecular weight excluding hydrogens is 260 g/mol. The monoisotopic (exact) mass is 286 g/mol. The first-order chi connectivity index (χ1) is 9.80. The molecule has 0 aliphatic rings. The van der Waals surface area contributed by atoms with E-state index >= 15 is 0 Å². The van der Waals surface area contributed by atoms with Gasteiger partial charge in [0.05, 0.1) is 0 Å². The quantitative estimate of drug-likeness (QED) is 0.937. The van der Waals surface area contributed by atoms with Gasteiger partial charge in [-0.15, -0.1) is 0 Å². The van der Waals surface area contributed by atoms with Crippen LogP contribution >= 0.6 is 0 Å². The maximum atomic E-state index is 6.47. The van der Waals surface area contributed by atoms with E-state index in [0.717, 1.165) is 5.82 Å². The van der Waals surface area contributed by atoms with Crippen LogP contribution in [0.5, 0.6) is 0 Å². The van der Waals surface area contributed by atoms with E-state index in [0.29, 0.717) is 12.5 Å². The molecule has 2 aromatic rings. The molecule has 4 heteroatoms. The van der Waals surface area contributed by atoms with Gasteiger partial charge in [0.25, 0.3) is 0 Å². The first-order valence-electron chi connectivity index (χ1n) is 7.54. The lowest BCUT2D eigenvalue weighted by molar-refractivity contribution is 0.490. The summed E-state index contributed by atoms with van der Waals surface area (Å²) in [4.78, 5) is 4.37. The van der Waals surface area contributed by atoms with E-state index in [-0.39, 0.29) is 11.5 Å². The van der Waals surface area contributed by atoms with Crippen molar-refractivity contribution in [2.45, 2.75) is 58.5 Å². The van der Waals surface area contributed by atoms with Gasteiger partial charge >= 0.3 is 0 Å². The van der Waals surface area contributed by atoms with Gasteiger partial charge < -0.3 is 5.73 Å². The molecule has 0 fully saturated rings. The smallest absolute Gasteiger partial charge is 0.138 e. The number of hydrogen-bond donors (Lipinski definition) is 1. The average molecular weight is 286 g/mol. The van der Waals surface area contributed by atoms with Crippen molar-refractivity contribution in [2.24, 2.45) is 5.73 Å². The van der Waals surface area contributed by atoms with Crippen LogP contribution in [0.4, 0.5) is 0 Å². The van der Waals surface area contributed by atoms with Crippen molar-refractivity contribution >= 4 is 0 Å². The third kappa shape index (κ3) is 3.50. The van der Waals surface area contributed by atoms with E-state index in [1.54, 1.807) is 6.33 Å². The molecule has 114 valence electrons. The van der Waals surface area contributed by atoms with Gasteiger partial charge in [0.1, 0.15) is 12.2 Å². The largest absolute Gasteiger partial charge is 0.324 e. The summed E-state index contributed by atoms with van der Waals surface area (Å²) in [6, 6.07) is 8.66. The molecule has 1 aromatic carbocycles. The lowest BCUT2D eigenvalue weighted by Gasteiger charge is -2.26. The molecule has 1 heterocycles. The molecule has 1 unspecified atom stereocenters. The van der Waals surface area contributed by atoms with E-state index < -0.39 is 0 Å². The van der Waals surface area contributed by atoms with Crippen LogP contribution in [0, 0.1) is 0 Å². The van der Waals surface area contributed by atoms with Crippen molar-refractivity contribution in [3.8, 4) is 0 Å². The van der Waals surface area contributed by atoms with E-state index in [1.165, 1.54) is 11.1 Å². The molecule has 21 heavy (non-hydrogen) atoms. The number of nitrogens with two attached hydrogens (primary N) is 1. The minimum Gasteiger partial charge on any atom is -0.324 e. The van der Waals surface area contributed by atoms with Crippen molar-refractivity contribution in [3.05, 3.63) is 47.5 Å². The van der Waals surface area contributed by atoms with E-state index in [9.17, 15) is 0 Å². The summed E-state index contributed by atoms with van der Waals surface area (Å²) >= 11 is 0. The highest BCUT2D eigenvalue weighted by Gasteiger charge is 2.22. The molecule has 0 bridgehead atoms. The minimum absolute atomic E-state index is 0.0675. The van der Waals surface area contributed by atoms with Gasteiger partial charge in [-0.3, -0.25) is 0 Å². The number of aromatic nitrogens is 3. The SMILES string of the molecule is CC(C)n1ncnc1CC(N)c1ccccc1C(C)(C)C. The molecule has 0 saturated heterocycles. The van der Waals surface area contributed by atoms with Gasteiger partial charge in [-0.25, -0.2) is 9.67 Å². The second-order valence-corrected chi connectivity index (χ2v) is 6.86. The molecule has 2 rings (SSSR count). The van der Waals surface area contributed by atoms with Crippen molar-refractivity contribution in [3.63, 3.8) is 0 Å². The van der Waals surface area contributed by atoms with Crippen LogP contribution in [0.25, 0.3) is 0 Å². The zero-order chi connectivity index (χ0) is 15.6. The zero-order valence-electron chi connectivity index (χ0n) is 13.7. The van der Waals surface area contributed by atoms with Crippen LogP contribution in [-0.2, 0) is 11.8 Å². The van der Waals surface area contributed by atoms with Gasteiger partial charge in [0, 0.05) is 18.5 Å². The minimum atomic E-state index is -0.0675. The molecule has 0 spiro atoms. The van der Waals surface area contributed by atoms with Crippen molar-refractivity contribution in [1.82, 2.24) is 14.8 Å². The maximum Gasteiger partial charge on any atom is 0.138 e. The Labute approximate surface area is 127 Å². The Morgan fingerprint density at radius 3 is 2.48 bits per heavy atom. The number of benzene rings is 1. The van der Waals surface area contributed by atoms with Gasteiger partial charge in [0.2, 0.25) is 0 Å². The highest BCUT2D eigenvalue weighted by Crippen LogP contribution is 2.30. The van der Waals surface area contributed by atoms with Crippen molar-refractivity contribution < 1.29 is 0 Å². The summed E-state index contributed by atoms with van der Waals surface area (Å²) in [7, 11) is 0. The summed E-state index contributed by atoms with van der Waals surface area (Å²) in [5, 5.41) is 4.28. The third-order valence-electron chi connectivity index (χ3n) is 3.71. The van der Waals surface area contributed by atoms with Gasteiger partial charge in [-0.2, -0.15) is 5.10 Å². The summed E-state index contributed by atoms with van der Waals surface area (Å²) in [5.41, 5.74) is 9.05. The highest BCUT2D eigenvalue weighted by molar-refractivity contribution is 5.35. The fourth-order valence-electron chi connectivity index (χ4n) is 2.66. The predicted octanol–water partition coefficient (Wildman–Crippen LogP) is 3.40. The standard InChI is InChI=1S/C17H26N4/c1-12(2)21-16(19-11-20-21)10-15(18)13-8-6-7-9-14(13)17(3,4)5/h6-9,11-12,15H,10,18H2,1-5H3. The summed E-state index contributed by atoms with van der Waals surface area (Å²) < 4.78 is 1.94. The number of nitrogens with zero attached hydrogens (tertiary/aromatic N) is 3. The van der Waals surface area contributed by atoms with E-state index in [2.05, 4.69) is 69.0 Å². The third-order valence-corrected chi connectivity index (χ3v) is 3.71. The molecule has 0 saturated carbocycles. The number of hydrogen-bond acceptors (Lipinski definition) is 3. The van der Waals surface area contributed by atoms with Crippen LogP contribution in [0.15, 0.2) is 30.6 Å². The van der Waals surface area contributed by atoms with Crippen LogP contribution in [-0.4, -0.2) is 14.8 Å². The summed E-state index contributed by atoms with van der Waals surface area (Å²) in [6.45, 7) is 10.9. The summed E-state index contributed by atoms with van der Waals surface area (Å²) in [6.07, 6.45) is 2.31. The van der Waals surface area contributed by atoms with Crippen molar-refractivity contribution in [2.75, 3.05) is 0 Å². The first-order valence-corrected chi connectivity index (χ1v) is 7.54. The molecule has 0 radical (unpaired) electrons. The van der Waals surface area contributed by atoms with E-state index in [4.69, 9.17) is 5.73 Å². The second-order valence-electron chi connectivity index (χ2n) is 6.86. The molecule has 0 aliphatic carbocycles. The first kappa shape index (κ1) is 15.7. The van der Waals surface area contributed by atoms with Gasteiger partial charge in [-0.05, 0) is 30.4 Å². The Kier molecular flexibility index (Phi) is 4.47. The molecule has 4 nitrogen and oxygen atoms in total. The Bertz CT molecular complexity index is 593. The zero-order valence-corrected chi connectivity index (χ0v) is 13.7. The molecule has 0 amide bonds. The van der Waals surface area contributed by atoms with Crippen LogP contribution in [0.2, 0.25) is 0 Å². The topological polar surface area (TPSA) is 56.7 Å². The van der Waals surface area contributed by atoms with Crippen LogP contribution in [0.1, 0.15) is 63.7 Å². The molecule has 0 aliphatic heterocycles. The van der Waals surface area contributed by atoms with Crippen molar-refractivity contribution in [1.29, 1.82) is 0 Å². The van der Waals surface area contributed by atoms with Gasteiger partial charge in [0.15, 0.2) is 0 Å². The molecular formula is C17H26N4. The summed E-state index contributed by atoms with van der Waals surface area (Å²) in [5.74, 6) is 0.946. The van der Waals surface area contributed by atoms with Crippen LogP contribution < -0.4 is 5.73 Å². The Morgan fingerprint density at radius 2 is 1.86 bits per heavy atom. The Balaban J connectivity index is 2.29. The fraction of sp³-hybridized carbons (Fsp3) is 0.529. The van der Waals surface area contributed by atoms with E-state index in [1.807, 2.05) is 4.68 Å². The molecule has 2 N–H and O–H groups in total. The lowest BCUT2D eigenvalue weighted by atomic mass is 9.81. The average Bonchev–Trinajstić information content (AvgIpc) is 2.86. The maximum absolute atomic E-state index is 6.47. The molecule has 1 atom stereocenters.